The van der Waals surface area contributed by atoms with Gasteiger partial charge in [-0.05, 0) is 42.7 Å². The van der Waals surface area contributed by atoms with Gasteiger partial charge < -0.3 is 4.90 Å². The van der Waals surface area contributed by atoms with Crippen molar-refractivity contribution in [3.05, 3.63) is 99.8 Å². The van der Waals surface area contributed by atoms with Crippen molar-refractivity contribution in [2.75, 3.05) is 14.1 Å². The first-order chi connectivity index (χ1) is 15.4. The molecule has 5 nitrogen and oxygen atoms in total. The van der Waals surface area contributed by atoms with Gasteiger partial charge in [-0.1, -0.05) is 72.4 Å². The Morgan fingerprint density at radius 1 is 0.906 bits per heavy atom. The van der Waals surface area contributed by atoms with Crippen molar-refractivity contribution in [1.82, 2.24) is 14.5 Å². The van der Waals surface area contributed by atoms with E-state index in [2.05, 4.69) is 0 Å². The second-order valence-corrected chi connectivity index (χ2v) is 9.01. The van der Waals surface area contributed by atoms with E-state index in [1.807, 2.05) is 80.6 Å². The molecule has 1 heterocycles. The molecule has 0 N–H and O–H groups in total. The second-order valence-electron chi connectivity index (χ2n) is 7.93. The van der Waals surface area contributed by atoms with Gasteiger partial charge in [0, 0.05) is 14.1 Å². The van der Waals surface area contributed by atoms with Crippen molar-refractivity contribution in [3.63, 3.8) is 0 Å². The number of likely N-dealkylation sites (N-methyl/N-ethyl adjacent to an activating group) is 1. The highest BCUT2D eigenvalue weighted by Crippen LogP contribution is 2.37. The van der Waals surface area contributed by atoms with Crippen LogP contribution in [0, 0.1) is 13.8 Å². The van der Waals surface area contributed by atoms with Crippen molar-refractivity contribution in [2.24, 2.45) is 0 Å². The van der Waals surface area contributed by atoms with Gasteiger partial charge in [0.15, 0.2) is 5.16 Å². The van der Waals surface area contributed by atoms with Gasteiger partial charge in [0.1, 0.15) is 5.25 Å². The average Bonchev–Trinajstić information content (AvgIpc) is 2.79. The zero-order valence-corrected chi connectivity index (χ0v) is 19.4. The summed E-state index contributed by atoms with van der Waals surface area (Å²) in [7, 11) is 3.48. The van der Waals surface area contributed by atoms with Gasteiger partial charge in [-0.15, -0.1) is 0 Å². The minimum Gasteiger partial charge on any atom is -0.348 e. The summed E-state index contributed by atoms with van der Waals surface area (Å²) < 4.78 is 1.66. The van der Waals surface area contributed by atoms with Crippen LogP contribution in [-0.2, 0) is 4.79 Å². The van der Waals surface area contributed by atoms with E-state index in [0.717, 1.165) is 22.4 Å². The number of benzene rings is 3. The van der Waals surface area contributed by atoms with E-state index in [-0.39, 0.29) is 11.5 Å². The summed E-state index contributed by atoms with van der Waals surface area (Å²) in [5.41, 5.74) is 4.10. The number of carbonyl (C=O) groups is 1. The molecule has 3 aromatic carbocycles. The summed E-state index contributed by atoms with van der Waals surface area (Å²) in [6.45, 7) is 3.97. The zero-order valence-electron chi connectivity index (χ0n) is 18.6. The SMILES string of the molecule is Cc1cccc(C)c1-n1c(SC(C(=O)N(C)C)c2ccccc2)nc2ccccc2c1=O. The highest BCUT2D eigenvalue weighted by Gasteiger charge is 2.27. The first kappa shape index (κ1) is 21.8. The maximum absolute atomic E-state index is 13.7. The van der Waals surface area contributed by atoms with Crippen LogP contribution in [0.15, 0.2) is 82.7 Å². The second kappa shape index (κ2) is 9.01. The number of hydrogen-bond donors (Lipinski definition) is 0. The van der Waals surface area contributed by atoms with E-state index >= 15 is 0 Å². The molecular formula is C26H25N3O2S. The molecule has 1 aromatic heterocycles. The minimum atomic E-state index is -0.533. The average molecular weight is 444 g/mol. The maximum atomic E-state index is 13.7. The number of hydrogen-bond acceptors (Lipinski definition) is 4. The fourth-order valence-corrected chi connectivity index (χ4v) is 5.02. The van der Waals surface area contributed by atoms with Gasteiger partial charge in [0.2, 0.25) is 5.91 Å². The Kier molecular flexibility index (Phi) is 6.15. The van der Waals surface area contributed by atoms with Gasteiger partial charge in [0.25, 0.3) is 5.56 Å². The molecule has 32 heavy (non-hydrogen) atoms. The molecule has 0 spiro atoms. The first-order valence-electron chi connectivity index (χ1n) is 10.4. The van der Waals surface area contributed by atoms with Gasteiger partial charge in [0.05, 0.1) is 16.6 Å². The largest absolute Gasteiger partial charge is 0.348 e. The molecule has 0 aliphatic heterocycles. The van der Waals surface area contributed by atoms with Crippen LogP contribution in [-0.4, -0.2) is 34.5 Å². The highest BCUT2D eigenvalue weighted by atomic mass is 32.2. The van der Waals surface area contributed by atoms with E-state index in [1.54, 1.807) is 29.6 Å². The third-order valence-electron chi connectivity index (χ3n) is 5.40. The number of amides is 1. The Hall–Kier alpha value is -3.38. The molecule has 4 rings (SSSR count). The number of aryl methyl sites for hydroxylation is 2. The summed E-state index contributed by atoms with van der Waals surface area (Å²) in [5, 5.41) is 0.514. The lowest BCUT2D eigenvalue weighted by Crippen LogP contribution is -2.28. The lowest BCUT2D eigenvalue weighted by atomic mass is 10.1. The molecule has 0 aliphatic carbocycles. The van der Waals surface area contributed by atoms with Crippen molar-refractivity contribution in [1.29, 1.82) is 0 Å². The van der Waals surface area contributed by atoms with Crippen molar-refractivity contribution in [2.45, 2.75) is 24.3 Å². The Labute approximate surface area is 191 Å². The van der Waals surface area contributed by atoms with Crippen LogP contribution in [0.1, 0.15) is 21.9 Å². The predicted molar refractivity (Wildman–Crippen MR) is 131 cm³/mol. The number of fused-ring (bicyclic) bond motifs is 1. The van der Waals surface area contributed by atoms with Crippen LogP contribution < -0.4 is 5.56 Å². The monoisotopic (exact) mass is 443 g/mol. The van der Waals surface area contributed by atoms with E-state index in [0.29, 0.717) is 16.1 Å². The first-order valence-corrected chi connectivity index (χ1v) is 11.3. The van der Waals surface area contributed by atoms with Crippen LogP contribution in [0.4, 0.5) is 0 Å². The molecule has 0 aliphatic rings. The van der Waals surface area contributed by atoms with Crippen molar-refractivity contribution < 1.29 is 4.79 Å². The van der Waals surface area contributed by atoms with Gasteiger partial charge >= 0.3 is 0 Å². The quantitative estimate of drug-likeness (QED) is 0.324. The summed E-state index contributed by atoms with van der Waals surface area (Å²) in [6, 6.07) is 22.9. The zero-order chi connectivity index (χ0) is 22.8. The Morgan fingerprint density at radius 3 is 2.19 bits per heavy atom. The number of nitrogens with zero attached hydrogens (tertiary/aromatic N) is 3. The predicted octanol–water partition coefficient (Wildman–Crippen LogP) is 4.92. The molecule has 0 fully saturated rings. The Balaban J connectivity index is 1.99. The molecule has 0 bridgehead atoms. The molecule has 0 radical (unpaired) electrons. The number of rotatable bonds is 5. The third-order valence-corrected chi connectivity index (χ3v) is 6.59. The fourth-order valence-electron chi connectivity index (χ4n) is 3.78. The number of carbonyl (C=O) groups excluding carboxylic acids is 1. The van der Waals surface area contributed by atoms with Crippen LogP contribution >= 0.6 is 11.8 Å². The van der Waals surface area contributed by atoms with Crippen LogP contribution in [0.2, 0.25) is 0 Å². The Morgan fingerprint density at radius 2 is 1.53 bits per heavy atom. The lowest BCUT2D eigenvalue weighted by Gasteiger charge is -2.23. The molecule has 4 aromatic rings. The summed E-state index contributed by atoms with van der Waals surface area (Å²) in [4.78, 5) is 33.3. The minimum absolute atomic E-state index is 0.0586. The smallest absolute Gasteiger partial charge is 0.266 e. The van der Waals surface area contributed by atoms with Crippen LogP contribution in [0.5, 0.6) is 0 Å². The van der Waals surface area contributed by atoms with Gasteiger partial charge in [-0.25, -0.2) is 4.98 Å². The summed E-state index contributed by atoms with van der Waals surface area (Å²) >= 11 is 1.31. The van der Waals surface area contributed by atoms with Gasteiger partial charge in [-0.2, -0.15) is 0 Å². The van der Waals surface area contributed by atoms with Crippen molar-refractivity contribution in [3.8, 4) is 5.69 Å². The van der Waals surface area contributed by atoms with Crippen LogP contribution in [0.25, 0.3) is 16.6 Å². The van der Waals surface area contributed by atoms with E-state index in [4.69, 9.17) is 4.98 Å². The normalized spacial score (nSPS) is 12.0. The molecule has 1 atom stereocenters. The molecule has 0 saturated heterocycles. The molecule has 1 unspecified atom stereocenters. The lowest BCUT2D eigenvalue weighted by molar-refractivity contribution is -0.128. The summed E-state index contributed by atoms with van der Waals surface area (Å²) in [5.74, 6) is -0.0586. The molecule has 162 valence electrons. The molecular weight excluding hydrogens is 418 g/mol. The fraction of sp³-hybridized carbons (Fsp3) is 0.192. The molecule has 6 heteroatoms. The van der Waals surface area contributed by atoms with Crippen molar-refractivity contribution >= 4 is 28.6 Å². The highest BCUT2D eigenvalue weighted by molar-refractivity contribution is 8.00. The summed E-state index contributed by atoms with van der Waals surface area (Å²) in [6.07, 6.45) is 0. The molecule has 1 amide bonds. The molecule has 0 saturated carbocycles. The number of aromatic nitrogens is 2. The topological polar surface area (TPSA) is 55.2 Å². The maximum Gasteiger partial charge on any atom is 0.266 e. The van der Waals surface area contributed by atoms with Gasteiger partial charge in [-0.3, -0.25) is 14.2 Å². The van der Waals surface area contributed by atoms with E-state index in [9.17, 15) is 9.59 Å². The van der Waals surface area contributed by atoms with E-state index < -0.39 is 5.25 Å². The number of para-hydroxylation sites is 2. The standard InChI is InChI=1S/C26H25N3O2S/c1-17-11-10-12-18(2)22(17)29-24(30)20-15-8-9-16-21(20)27-26(29)32-23(25(31)28(3)4)19-13-6-5-7-14-19/h5-16,23H,1-4H3. The Bertz CT molecular complexity index is 1330. The third kappa shape index (κ3) is 4.06. The number of thioether (sulfide) groups is 1. The van der Waals surface area contributed by atoms with E-state index in [1.165, 1.54) is 11.8 Å². The van der Waals surface area contributed by atoms with Crippen LogP contribution in [0.3, 0.4) is 0 Å².